The summed E-state index contributed by atoms with van der Waals surface area (Å²) in [7, 11) is -0.0803. The third-order valence-corrected chi connectivity index (χ3v) is 3.19. The predicted molar refractivity (Wildman–Crippen MR) is 65.7 cm³/mol. The Morgan fingerprint density at radius 3 is 1.57 bits per heavy atom. The van der Waals surface area contributed by atoms with Crippen molar-refractivity contribution in [2.75, 3.05) is 6.16 Å². The molecule has 0 aliphatic heterocycles. The van der Waals surface area contributed by atoms with Crippen molar-refractivity contribution in [3.63, 3.8) is 0 Å². The van der Waals surface area contributed by atoms with E-state index >= 15 is 0 Å². The van der Waals surface area contributed by atoms with Gasteiger partial charge in [-0.3, -0.25) is 4.57 Å². The van der Waals surface area contributed by atoms with Gasteiger partial charge in [0.05, 0.1) is 8.46 Å². The lowest BCUT2D eigenvalue weighted by Crippen LogP contribution is -1.82. The molecule has 14 heavy (non-hydrogen) atoms. The van der Waals surface area contributed by atoms with E-state index in [2.05, 4.69) is 6.92 Å². The van der Waals surface area contributed by atoms with Crippen LogP contribution >= 0.6 is 8.46 Å². The van der Waals surface area contributed by atoms with Crippen LogP contribution in [0, 0.1) is 0 Å². The first-order valence-corrected chi connectivity index (χ1v) is 7.38. The summed E-state index contributed by atoms with van der Waals surface area (Å²) in [6.07, 6.45) is 14.5. The third kappa shape index (κ3) is 12.1. The number of hydrogen-bond donors (Lipinski definition) is 0. The summed E-state index contributed by atoms with van der Waals surface area (Å²) in [5.41, 5.74) is 0. The molecule has 0 aliphatic carbocycles. The highest BCUT2D eigenvalue weighted by Crippen LogP contribution is 2.11. The van der Waals surface area contributed by atoms with E-state index in [-0.39, 0.29) is 8.46 Å². The first-order valence-electron chi connectivity index (χ1n) is 6.26. The van der Waals surface area contributed by atoms with Crippen LogP contribution in [-0.4, -0.2) is 6.16 Å². The molecule has 0 amide bonds. The van der Waals surface area contributed by atoms with Gasteiger partial charge in [-0.05, 0) is 6.42 Å². The van der Waals surface area contributed by atoms with Crippen molar-refractivity contribution in [3.05, 3.63) is 0 Å². The van der Waals surface area contributed by atoms with Gasteiger partial charge in [0.2, 0.25) is 0 Å². The Morgan fingerprint density at radius 1 is 0.714 bits per heavy atom. The zero-order valence-electron chi connectivity index (χ0n) is 9.69. The highest BCUT2D eigenvalue weighted by molar-refractivity contribution is 7.23. The molecule has 2 heteroatoms. The Kier molecular flexibility index (Phi) is 13.2. The Morgan fingerprint density at radius 2 is 1.14 bits per heavy atom. The van der Waals surface area contributed by atoms with E-state index in [1.165, 1.54) is 57.8 Å². The van der Waals surface area contributed by atoms with Crippen molar-refractivity contribution in [2.45, 2.75) is 71.1 Å². The van der Waals surface area contributed by atoms with Crippen LogP contribution < -0.4 is 0 Å². The van der Waals surface area contributed by atoms with Gasteiger partial charge in [-0.2, -0.15) is 0 Å². The van der Waals surface area contributed by atoms with Crippen LogP contribution in [0.1, 0.15) is 71.1 Å². The van der Waals surface area contributed by atoms with E-state index in [1.807, 2.05) is 0 Å². The van der Waals surface area contributed by atoms with Crippen molar-refractivity contribution in [1.29, 1.82) is 0 Å². The molecule has 0 aliphatic rings. The Labute approximate surface area is 90.9 Å². The van der Waals surface area contributed by atoms with Crippen LogP contribution in [0.3, 0.4) is 0 Å². The van der Waals surface area contributed by atoms with E-state index in [1.54, 1.807) is 0 Å². The van der Waals surface area contributed by atoms with Crippen LogP contribution in [0.4, 0.5) is 0 Å². The van der Waals surface area contributed by atoms with Crippen molar-refractivity contribution < 1.29 is 4.57 Å². The second-order valence-corrected chi connectivity index (χ2v) is 4.86. The minimum absolute atomic E-state index is 0.0803. The summed E-state index contributed by atoms with van der Waals surface area (Å²) >= 11 is 0. The summed E-state index contributed by atoms with van der Waals surface area (Å²) in [5.74, 6) is 0. The maximum atomic E-state index is 10.2. The fourth-order valence-corrected chi connectivity index (χ4v) is 2.08. The van der Waals surface area contributed by atoms with E-state index in [9.17, 15) is 4.57 Å². The first kappa shape index (κ1) is 14.1. The summed E-state index contributed by atoms with van der Waals surface area (Å²) < 4.78 is 10.2. The molecule has 85 valence electrons. The lowest BCUT2D eigenvalue weighted by Gasteiger charge is -2.00. The molecule has 0 aromatic rings. The number of rotatable bonds is 11. The summed E-state index contributed by atoms with van der Waals surface area (Å²) in [5, 5.41) is 0. The molecule has 0 spiro atoms. The van der Waals surface area contributed by atoms with Crippen LogP contribution in [0.25, 0.3) is 0 Å². The van der Waals surface area contributed by atoms with Crippen molar-refractivity contribution >= 4 is 8.46 Å². The maximum Gasteiger partial charge on any atom is 0.0581 e. The average Bonchev–Trinajstić information content (AvgIpc) is 2.21. The van der Waals surface area contributed by atoms with Crippen molar-refractivity contribution in [2.24, 2.45) is 0 Å². The number of unbranched alkanes of at least 4 members (excludes halogenated alkanes) is 9. The Hall–Kier alpha value is 0.100. The summed E-state index contributed by atoms with van der Waals surface area (Å²) in [6.45, 7) is 2.26. The van der Waals surface area contributed by atoms with Crippen LogP contribution in [0.5, 0.6) is 0 Å². The zero-order valence-corrected chi connectivity index (χ0v) is 10.7. The molecule has 0 heterocycles. The molecule has 0 fully saturated rings. The summed E-state index contributed by atoms with van der Waals surface area (Å²) in [4.78, 5) is 0. The van der Waals surface area contributed by atoms with Crippen LogP contribution in [0.2, 0.25) is 0 Å². The highest BCUT2D eigenvalue weighted by atomic mass is 31.1. The van der Waals surface area contributed by atoms with E-state index in [0.717, 1.165) is 12.6 Å². The fourth-order valence-electron chi connectivity index (χ4n) is 1.68. The quantitative estimate of drug-likeness (QED) is 0.354. The van der Waals surface area contributed by atoms with Gasteiger partial charge in [-0.1, -0.05) is 64.7 Å². The van der Waals surface area contributed by atoms with Crippen LogP contribution in [-0.2, 0) is 4.57 Å². The molecule has 1 radical (unpaired) electrons. The van der Waals surface area contributed by atoms with Crippen molar-refractivity contribution in [1.82, 2.24) is 0 Å². The Bertz CT molecular complexity index is 115. The van der Waals surface area contributed by atoms with Gasteiger partial charge in [0.25, 0.3) is 0 Å². The maximum absolute atomic E-state index is 10.2. The normalized spacial score (nSPS) is 10.9. The van der Waals surface area contributed by atoms with Gasteiger partial charge in [-0.25, -0.2) is 0 Å². The second-order valence-electron chi connectivity index (χ2n) is 4.08. The molecule has 0 saturated carbocycles. The largest absolute Gasteiger partial charge is 0.291 e. The molecule has 0 bridgehead atoms. The van der Waals surface area contributed by atoms with Gasteiger partial charge in [0, 0.05) is 6.16 Å². The third-order valence-electron chi connectivity index (χ3n) is 2.63. The second kappa shape index (κ2) is 13.1. The molecule has 1 atom stereocenters. The summed E-state index contributed by atoms with van der Waals surface area (Å²) in [6, 6.07) is 0. The monoisotopic (exact) mass is 217 g/mol. The standard InChI is InChI=1S/C12H26OP/c1-2-3-4-5-6-7-8-9-10-11-12-14-13/h14H,2-12H2,1H3. The van der Waals surface area contributed by atoms with Gasteiger partial charge >= 0.3 is 0 Å². The van der Waals surface area contributed by atoms with E-state index in [0.29, 0.717) is 0 Å². The molecule has 0 saturated heterocycles. The van der Waals surface area contributed by atoms with E-state index < -0.39 is 0 Å². The van der Waals surface area contributed by atoms with Crippen molar-refractivity contribution in [3.8, 4) is 0 Å². The van der Waals surface area contributed by atoms with E-state index in [4.69, 9.17) is 0 Å². The lowest BCUT2D eigenvalue weighted by atomic mass is 10.1. The lowest BCUT2D eigenvalue weighted by molar-refractivity contribution is 0.560. The molecule has 0 aromatic carbocycles. The van der Waals surface area contributed by atoms with Gasteiger partial charge in [0.1, 0.15) is 0 Å². The first-order chi connectivity index (χ1) is 6.91. The average molecular weight is 217 g/mol. The van der Waals surface area contributed by atoms with Gasteiger partial charge in [-0.15, -0.1) is 0 Å². The fraction of sp³-hybridized carbons (Fsp3) is 1.00. The van der Waals surface area contributed by atoms with Gasteiger partial charge < -0.3 is 0 Å². The SMILES string of the molecule is CCCCCCCCCCCC[PH]=O. The Balaban J connectivity index is 2.81. The number of hydrogen-bond acceptors (Lipinski definition) is 1. The van der Waals surface area contributed by atoms with Crippen LogP contribution in [0.15, 0.2) is 0 Å². The molecular formula is C12H26OP. The molecule has 1 nitrogen and oxygen atoms in total. The molecule has 0 N–H and O–H groups in total. The molecule has 0 aromatic heterocycles. The minimum atomic E-state index is -0.0803. The van der Waals surface area contributed by atoms with Gasteiger partial charge in [0.15, 0.2) is 0 Å². The zero-order chi connectivity index (χ0) is 10.5. The molecular weight excluding hydrogens is 191 g/mol. The smallest absolute Gasteiger partial charge is 0.0581 e. The predicted octanol–water partition coefficient (Wildman–Crippen LogP) is 4.93. The minimum Gasteiger partial charge on any atom is -0.291 e. The molecule has 0 rings (SSSR count). The topological polar surface area (TPSA) is 17.1 Å². The highest BCUT2D eigenvalue weighted by Gasteiger charge is 1.91. The molecule has 1 unspecified atom stereocenters.